The van der Waals surface area contributed by atoms with Gasteiger partial charge in [-0.05, 0) is 61.2 Å². The van der Waals surface area contributed by atoms with Crippen LogP contribution >= 0.6 is 15.9 Å². The lowest BCUT2D eigenvalue weighted by molar-refractivity contribution is -0.125. The minimum Gasteiger partial charge on any atom is -0.371 e. The molecule has 2 aromatic carbocycles. The summed E-state index contributed by atoms with van der Waals surface area (Å²) in [7, 11) is 0. The summed E-state index contributed by atoms with van der Waals surface area (Å²) < 4.78 is 1.06. The van der Waals surface area contributed by atoms with Crippen LogP contribution in [0.3, 0.4) is 0 Å². The van der Waals surface area contributed by atoms with E-state index in [0.29, 0.717) is 12.1 Å². The van der Waals surface area contributed by atoms with Crippen molar-refractivity contribution in [3.05, 3.63) is 64.1 Å². The number of piperidine rings is 1. The number of aldehydes is 1. The summed E-state index contributed by atoms with van der Waals surface area (Å²) in [6.07, 6.45) is 3.41. The van der Waals surface area contributed by atoms with Crippen molar-refractivity contribution in [3.8, 4) is 0 Å². The Morgan fingerprint density at radius 2 is 1.88 bits per heavy atom. The van der Waals surface area contributed by atoms with Gasteiger partial charge in [0.2, 0.25) is 5.91 Å². The molecule has 3 rings (SSSR count). The lowest BCUT2D eigenvalue weighted by Gasteiger charge is -2.33. The molecule has 0 saturated carbocycles. The molecule has 4 nitrogen and oxygen atoms in total. The summed E-state index contributed by atoms with van der Waals surface area (Å²) in [5, 5.41) is 3.08. The van der Waals surface area contributed by atoms with Crippen molar-refractivity contribution in [2.45, 2.75) is 19.3 Å². The lowest BCUT2D eigenvalue weighted by Crippen LogP contribution is -2.41. The van der Waals surface area contributed by atoms with Crippen molar-refractivity contribution in [1.29, 1.82) is 0 Å². The van der Waals surface area contributed by atoms with Crippen molar-refractivity contribution in [2.75, 3.05) is 24.5 Å². The minimum atomic E-state index is 0.0861. The highest BCUT2D eigenvalue weighted by Gasteiger charge is 2.24. The summed E-state index contributed by atoms with van der Waals surface area (Å²) >= 11 is 3.47. The standard InChI is InChI=1S/C21H23BrN2O2/c22-19-3-1-2-16(14-19)8-11-23-21(26)18-9-12-24(13-10-18)20-6-4-17(15-25)5-7-20/h1-7,14-15,18H,8-13H2,(H,23,26). The molecule has 1 fully saturated rings. The Morgan fingerprint density at radius 1 is 1.15 bits per heavy atom. The van der Waals surface area contributed by atoms with Gasteiger partial charge in [0.05, 0.1) is 0 Å². The molecule has 136 valence electrons. The van der Waals surface area contributed by atoms with Crippen LogP contribution in [0.4, 0.5) is 5.69 Å². The third kappa shape index (κ3) is 4.94. The van der Waals surface area contributed by atoms with Gasteiger partial charge in [-0.25, -0.2) is 0 Å². The second-order valence-electron chi connectivity index (χ2n) is 6.64. The van der Waals surface area contributed by atoms with E-state index in [1.807, 2.05) is 36.4 Å². The molecule has 0 bridgehead atoms. The number of amides is 1. The highest BCUT2D eigenvalue weighted by molar-refractivity contribution is 9.10. The zero-order valence-electron chi connectivity index (χ0n) is 14.7. The van der Waals surface area contributed by atoms with Gasteiger partial charge in [-0.1, -0.05) is 28.1 Å². The number of hydrogen-bond acceptors (Lipinski definition) is 3. The van der Waals surface area contributed by atoms with Gasteiger partial charge in [-0.15, -0.1) is 0 Å². The van der Waals surface area contributed by atoms with E-state index in [4.69, 9.17) is 0 Å². The largest absolute Gasteiger partial charge is 0.371 e. The first-order chi connectivity index (χ1) is 12.7. The maximum Gasteiger partial charge on any atom is 0.223 e. The molecule has 0 unspecified atom stereocenters. The third-order valence-electron chi connectivity index (χ3n) is 4.86. The Labute approximate surface area is 162 Å². The quantitative estimate of drug-likeness (QED) is 0.730. The zero-order valence-corrected chi connectivity index (χ0v) is 16.2. The summed E-state index contributed by atoms with van der Waals surface area (Å²) in [4.78, 5) is 25.4. The molecule has 0 radical (unpaired) electrons. The van der Waals surface area contributed by atoms with Crippen molar-refractivity contribution < 1.29 is 9.59 Å². The Morgan fingerprint density at radius 3 is 2.54 bits per heavy atom. The molecule has 5 heteroatoms. The average Bonchev–Trinajstić information content (AvgIpc) is 2.68. The highest BCUT2D eigenvalue weighted by Crippen LogP contribution is 2.23. The van der Waals surface area contributed by atoms with Gasteiger partial charge < -0.3 is 10.2 Å². The molecule has 0 aromatic heterocycles. The van der Waals surface area contributed by atoms with Crippen LogP contribution in [-0.4, -0.2) is 31.8 Å². The minimum absolute atomic E-state index is 0.0861. The van der Waals surface area contributed by atoms with Gasteiger partial charge in [0, 0.05) is 41.3 Å². The van der Waals surface area contributed by atoms with Gasteiger partial charge >= 0.3 is 0 Å². The number of nitrogens with one attached hydrogen (secondary N) is 1. The highest BCUT2D eigenvalue weighted by atomic mass is 79.9. The fraction of sp³-hybridized carbons (Fsp3) is 0.333. The first-order valence-electron chi connectivity index (χ1n) is 8.98. The molecule has 0 atom stereocenters. The molecule has 0 aliphatic carbocycles. The van der Waals surface area contributed by atoms with E-state index in [2.05, 4.69) is 38.3 Å². The van der Waals surface area contributed by atoms with Crippen molar-refractivity contribution in [3.63, 3.8) is 0 Å². The Balaban J connectivity index is 1.43. The monoisotopic (exact) mass is 414 g/mol. The number of nitrogens with zero attached hydrogens (tertiary/aromatic N) is 1. The van der Waals surface area contributed by atoms with Crippen LogP contribution in [-0.2, 0) is 11.2 Å². The number of halogens is 1. The maximum absolute atomic E-state index is 12.4. The van der Waals surface area contributed by atoms with Crippen LogP contribution in [0.15, 0.2) is 53.0 Å². The smallest absolute Gasteiger partial charge is 0.223 e. The number of hydrogen-bond donors (Lipinski definition) is 1. The van der Waals surface area contributed by atoms with E-state index in [0.717, 1.165) is 48.8 Å². The Kier molecular flexibility index (Phi) is 6.45. The van der Waals surface area contributed by atoms with E-state index < -0.39 is 0 Å². The number of carbonyl (C=O) groups is 2. The van der Waals surface area contributed by atoms with Gasteiger partial charge in [-0.2, -0.15) is 0 Å². The van der Waals surface area contributed by atoms with E-state index in [9.17, 15) is 9.59 Å². The van der Waals surface area contributed by atoms with Crippen LogP contribution in [0.5, 0.6) is 0 Å². The fourth-order valence-electron chi connectivity index (χ4n) is 3.33. The van der Waals surface area contributed by atoms with Crippen molar-refractivity contribution >= 4 is 33.8 Å². The predicted octanol–water partition coefficient (Wildman–Crippen LogP) is 3.84. The molecule has 1 aliphatic rings. The topological polar surface area (TPSA) is 49.4 Å². The second-order valence-corrected chi connectivity index (χ2v) is 7.56. The average molecular weight is 415 g/mol. The van der Waals surface area contributed by atoms with E-state index in [1.165, 1.54) is 5.56 Å². The molecule has 2 aromatic rings. The summed E-state index contributed by atoms with van der Waals surface area (Å²) in [6.45, 7) is 2.40. The SMILES string of the molecule is O=Cc1ccc(N2CCC(C(=O)NCCc3cccc(Br)c3)CC2)cc1. The van der Waals surface area contributed by atoms with Gasteiger partial charge in [0.1, 0.15) is 6.29 Å². The van der Waals surface area contributed by atoms with E-state index >= 15 is 0 Å². The number of rotatable bonds is 6. The predicted molar refractivity (Wildman–Crippen MR) is 108 cm³/mol. The molecular weight excluding hydrogens is 392 g/mol. The number of benzene rings is 2. The van der Waals surface area contributed by atoms with E-state index in [1.54, 1.807) is 0 Å². The van der Waals surface area contributed by atoms with E-state index in [-0.39, 0.29) is 11.8 Å². The molecule has 1 N–H and O–H groups in total. The molecule has 1 saturated heterocycles. The van der Waals surface area contributed by atoms with Crippen LogP contribution in [0.25, 0.3) is 0 Å². The first-order valence-corrected chi connectivity index (χ1v) is 9.77. The number of carbonyl (C=O) groups excluding carboxylic acids is 2. The van der Waals surface area contributed by atoms with Gasteiger partial charge in [-0.3, -0.25) is 9.59 Å². The first kappa shape index (κ1) is 18.6. The van der Waals surface area contributed by atoms with Gasteiger partial charge in [0.25, 0.3) is 0 Å². The number of anilines is 1. The Hall–Kier alpha value is -2.14. The van der Waals surface area contributed by atoms with Crippen molar-refractivity contribution in [1.82, 2.24) is 5.32 Å². The molecule has 1 amide bonds. The summed E-state index contributed by atoms with van der Waals surface area (Å²) in [5.41, 5.74) is 3.02. The lowest BCUT2D eigenvalue weighted by atomic mass is 9.95. The molecule has 1 heterocycles. The summed E-state index contributed by atoms with van der Waals surface area (Å²) in [6, 6.07) is 15.8. The molecular formula is C21H23BrN2O2. The Bertz CT molecular complexity index is 753. The fourth-order valence-corrected chi connectivity index (χ4v) is 3.78. The van der Waals surface area contributed by atoms with Crippen LogP contribution in [0.2, 0.25) is 0 Å². The zero-order chi connectivity index (χ0) is 18.4. The van der Waals surface area contributed by atoms with Crippen LogP contribution in [0, 0.1) is 5.92 Å². The second kappa shape index (κ2) is 8.99. The van der Waals surface area contributed by atoms with Crippen LogP contribution < -0.4 is 10.2 Å². The maximum atomic E-state index is 12.4. The molecule has 0 spiro atoms. The van der Waals surface area contributed by atoms with Crippen LogP contribution in [0.1, 0.15) is 28.8 Å². The normalized spacial score (nSPS) is 14.9. The molecule has 26 heavy (non-hydrogen) atoms. The third-order valence-corrected chi connectivity index (χ3v) is 5.36. The van der Waals surface area contributed by atoms with Gasteiger partial charge in [0.15, 0.2) is 0 Å². The summed E-state index contributed by atoms with van der Waals surface area (Å²) in [5.74, 6) is 0.249. The van der Waals surface area contributed by atoms with Crippen molar-refractivity contribution in [2.24, 2.45) is 5.92 Å². The molecule has 1 aliphatic heterocycles.